The second-order valence-corrected chi connectivity index (χ2v) is 6.76. The van der Waals surface area contributed by atoms with Crippen molar-refractivity contribution in [3.63, 3.8) is 0 Å². The molecule has 3 atom stereocenters. The van der Waals surface area contributed by atoms with Gasteiger partial charge in [0.15, 0.2) is 0 Å². The van der Waals surface area contributed by atoms with E-state index in [1.54, 1.807) is 0 Å². The molecule has 4 rings (SSSR count). The van der Waals surface area contributed by atoms with Gasteiger partial charge in [-0.1, -0.05) is 48.5 Å². The van der Waals surface area contributed by atoms with E-state index in [0.29, 0.717) is 5.92 Å². The van der Waals surface area contributed by atoms with Crippen LogP contribution in [0.3, 0.4) is 0 Å². The zero-order valence-corrected chi connectivity index (χ0v) is 14.9. The third kappa shape index (κ3) is 3.43. The molecule has 2 aliphatic heterocycles. The number of nitrogens with two attached hydrogens (primary N) is 1. The second kappa shape index (κ2) is 7.56. The lowest BCUT2D eigenvalue weighted by molar-refractivity contribution is -0.121. The van der Waals surface area contributed by atoms with Crippen molar-refractivity contribution in [3.8, 4) is 0 Å². The standard InChI is InChI=1S/C20H23N3O.ClH/c21-18-14-22(13-17(18)15-7-3-1-4-8-15)19-11-12-23(20(19)24)16-9-5-2-6-10-16;/h1-10,17-19H,11-14,21H2;1H/t17-,18+,19?;/m0./s1. The molecule has 2 aromatic rings. The fourth-order valence-corrected chi connectivity index (χ4v) is 4.04. The maximum absolute atomic E-state index is 12.9. The van der Waals surface area contributed by atoms with Gasteiger partial charge in [0.05, 0.1) is 6.04 Å². The Morgan fingerprint density at radius 1 is 0.920 bits per heavy atom. The zero-order chi connectivity index (χ0) is 16.5. The molecular weight excluding hydrogens is 334 g/mol. The normalized spacial score (nSPS) is 26.7. The first-order valence-electron chi connectivity index (χ1n) is 8.65. The van der Waals surface area contributed by atoms with E-state index >= 15 is 0 Å². The van der Waals surface area contributed by atoms with Crippen molar-refractivity contribution in [2.75, 3.05) is 24.5 Å². The van der Waals surface area contributed by atoms with Gasteiger partial charge in [-0.25, -0.2) is 0 Å². The molecule has 1 unspecified atom stereocenters. The number of carbonyl (C=O) groups excluding carboxylic acids is 1. The van der Waals surface area contributed by atoms with Gasteiger partial charge in [0, 0.05) is 37.3 Å². The summed E-state index contributed by atoms with van der Waals surface area (Å²) in [6.45, 7) is 2.44. The number of rotatable bonds is 3. The Bertz CT molecular complexity index is 709. The Hall–Kier alpha value is -1.88. The first-order valence-corrected chi connectivity index (χ1v) is 8.65. The monoisotopic (exact) mass is 357 g/mol. The largest absolute Gasteiger partial charge is 0.326 e. The van der Waals surface area contributed by atoms with Gasteiger partial charge >= 0.3 is 0 Å². The number of likely N-dealkylation sites (tertiary alicyclic amines) is 1. The predicted octanol–water partition coefficient (Wildman–Crippen LogP) is 2.64. The van der Waals surface area contributed by atoms with E-state index in [1.165, 1.54) is 5.56 Å². The van der Waals surface area contributed by atoms with Crippen LogP contribution >= 0.6 is 12.4 Å². The van der Waals surface area contributed by atoms with Gasteiger partial charge in [-0.2, -0.15) is 0 Å². The van der Waals surface area contributed by atoms with Crippen LogP contribution in [0.25, 0.3) is 0 Å². The highest BCUT2D eigenvalue weighted by Crippen LogP contribution is 2.31. The number of para-hydroxylation sites is 1. The van der Waals surface area contributed by atoms with E-state index in [9.17, 15) is 4.79 Å². The van der Waals surface area contributed by atoms with Gasteiger partial charge in [-0.15, -0.1) is 12.4 Å². The lowest BCUT2D eigenvalue weighted by Gasteiger charge is -2.23. The third-order valence-corrected chi connectivity index (χ3v) is 5.31. The third-order valence-electron chi connectivity index (χ3n) is 5.31. The molecule has 0 radical (unpaired) electrons. The van der Waals surface area contributed by atoms with Crippen LogP contribution in [0.4, 0.5) is 5.69 Å². The average Bonchev–Trinajstić information content (AvgIpc) is 3.19. The van der Waals surface area contributed by atoms with Gasteiger partial charge < -0.3 is 10.6 Å². The summed E-state index contributed by atoms with van der Waals surface area (Å²) in [5.74, 6) is 0.520. The minimum absolute atomic E-state index is 0. The van der Waals surface area contributed by atoms with Gasteiger partial charge in [-0.05, 0) is 24.1 Å². The Morgan fingerprint density at radius 3 is 2.24 bits per heavy atom. The van der Waals surface area contributed by atoms with Crippen LogP contribution in [0, 0.1) is 0 Å². The number of halogens is 1. The van der Waals surface area contributed by atoms with E-state index in [4.69, 9.17) is 5.73 Å². The summed E-state index contributed by atoms with van der Waals surface area (Å²) in [4.78, 5) is 17.1. The van der Waals surface area contributed by atoms with Gasteiger partial charge in [-0.3, -0.25) is 9.69 Å². The highest BCUT2D eigenvalue weighted by Gasteiger charge is 2.42. The van der Waals surface area contributed by atoms with Crippen molar-refractivity contribution in [2.24, 2.45) is 5.73 Å². The number of amides is 1. The summed E-state index contributed by atoms with van der Waals surface area (Å²) in [5.41, 5.74) is 8.66. The number of hydrogen-bond donors (Lipinski definition) is 1. The number of hydrogen-bond acceptors (Lipinski definition) is 3. The molecule has 2 N–H and O–H groups in total. The number of carbonyl (C=O) groups is 1. The predicted molar refractivity (Wildman–Crippen MR) is 103 cm³/mol. The van der Waals surface area contributed by atoms with Crippen molar-refractivity contribution in [1.29, 1.82) is 0 Å². The molecule has 0 aromatic heterocycles. The van der Waals surface area contributed by atoms with Gasteiger partial charge in [0.2, 0.25) is 5.91 Å². The van der Waals surface area contributed by atoms with Gasteiger partial charge in [0.1, 0.15) is 0 Å². The summed E-state index contributed by atoms with van der Waals surface area (Å²) in [6.07, 6.45) is 0.877. The maximum Gasteiger partial charge on any atom is 0.244 e. The fraction of sp³-hybridized carbons (Fsp3) is 0.350. The molecule has 0 aliphatic carbocycles. The van der Waals surface area contributed by atoms with Crippen LogP contribution in [0.5, 0.6) is 0 Å². The molecule has 1 amide bonds. The van der Waals surface area contributed by atoms with Crippen LogP contribution in [-0.2, 0) is 4.79 Å². The minimum atomic E-state index is -0.0371. The average molecular weight is 358 g/mol. The summed E-state index contributed by atoms with van der Waals surface area (Å²) in [5, 5.41) is 0. The summed E-state index contributed by atoms with van der Waals surface area (Å²) in [6, 6.07) is 20.4. The van der Waals surface area contributed by atoms with Crippen molar-refractivity contribution in [1.82, 2.24) is 4.90 Å². The van der Waals surface area contributed by atoms with Crippen molar-refractivity contribution in [3.05, 3.63) is 66.2 Å². The van der Waals surface area contributed by atoms with Crippen molar-refractivity contribution >= 4 is 24.0 Å². The van der Waals surface area contributed by atoms with E-state index in [0.717, 1.165) is 31.7 Å². The fourth-order valence-electron chi connectivity index (χ4n) is 4.04. The second-order valence-electron chi connectivity index (χ2n) is 6.76. The first kappa shape index (κ1) is 17.9. The van der Waals surface area contributed by atoms with E-state index < -0.39 is 0 Å². The summed E-state index contributed by atoms with van der Waals surface area (Å²) < 4.78 is 0. The van der Waals surface area contributed by atoms with Crippen LogP contribution in [0.1, 0.15) is 17.9 Å². The van der Waals surface area contributed by atoms with Crippen molar-refractivity contribution in [2.45, 2.75) is 24.4 Å². The topological polar surface area (TPSA) is 49.6 Å². The zero-order valence-electron chi connectivity index (χ0n) is 14.1. The number of benzene rings is 2. The minimum Gasteiger partial charge on any atom is -0.326 e. The molecule has 2 aromatic carbocycles. The highest BCUT2D eigenvalue weighted by atomic mass is 35.5. The maximum atomic E-state index is 12.9. The van der Waals surface area contributed by atoms with Crippen LogP contribution < -0.4 is 10.6 Å². The Balaban J connectivity index is 0.00000182. The Labute approximate surface area is 155 Å². The lowest BCUT2D eigenvalue weighted by atomic mass is 9.95. The van der Waals surface area contributed by atoms with E-state index in [1.807, 2.05) is 41.3 Å². The molecule has 5 heteroatoms. The smallest absolute Gasteiger partial charge is 0.244 e. The molecule has 132 valence electrons. The molecular formula is C20H24ClN3O. The van der Waals surface area contributed by atoms with Crippen molar-refractivity contribution < 1.29 is 4.79 Å². The summed E-state index contributed by atoms with van der Waals surface area (Å²) in [7, 11) is 0. The molecule has 4 nitrogen and oxygen atoms in total. The van der Waals surface area contributed by atoms with E-state index in [-0.39, 0.29) is 30.4 Å². The van der Waals surface area contributed by atoms with E-state index in [2.05, 4.69) is 29.2 Å². The number of anilines is 1. The molecule has 2 aliphatic rings. The van der Waals surface area contributed by atoms with Crippen LogP contribution in [0.15, 0.2) is 60.7 Å². The van der Waals surface area contributed by atoms with Crippen LogP contribution in [0.2, 0.25) is 0 Å². The Morgan fingerprint density at radius 2 is 1.56 bits per heavy atom. The molecule has 0 spiro atoms. The highest BCUT2D eigenvalue weighted by molar-refractivity contribution is 5.99. The quantitative estimate of drug-likeness (QED) is 0.918. The molecule has 2 saturated heterocycles. The molecule has 0 bridgehead atoms. The van der Waals surface area contributed by atoms with Gasteiger partial charge in [0.25, 0.3) is 0 Å². The lowest BCUT2D eigenvalue weighted by Crippen LogP contribution is -2.41. The Kier molecular flexibility index (Phi) is 5.42. The molecule has 0 saturated carbocycles. The molecule has 2 heterocycles. The summed E-state index contributed by atoms with van der Waals surface area (Å²) >= 11 is 0. The molecule has 25 heavy (non-hydrogen) atoms. The molecule has 2 fully saturated rings. The number of nitrogens with zero attached hydrogens (tertiary/aromatic N) is 2. The SMILES string of the molecule is Cl.N[C@@H]1CN(C2CCN(c3ccccc3)C2=O)C[C@H]1c1ccccc1. The van der Waals surface area contributed by atoms with Crippen LogP contribution in [-0.4, -0.2) is 42.5 Å². The first-order chi connectivity index (χ1) is 11.7.